The molecule has 0 N–H and O–H groups in total. The summed E-state index contributed by atoms with van der Waals surface area (Å²) in [6.45, 7) is 7.31. The van der Waals surface area contributed by atoms with Gasteiger partial charge in [-0.1, -0.05) is 13.3 Å². The summed E-state index contributed by atoms with van der Waals surface area (Å²) in [5.41, 5.74) is 0. The topological polar surface area (TPSA) is 15.7 Å². The van der Waals surface area contributed by atoms with E-state index in [1.165, 1.54) is 71.1 Å². The van der Waals surface area contributed by atoms with Crippen LogP contribution in [0.15, 0.2) is 0 Å². The molecule has 0 aromatic rings. The largest absolute Gasteiger partial charge is 0.375 e. The Bertz CT molecular complexity index is 287. The summed E-state index contributed by atoms with van der Waals surface area (Å²) in [5, 5.41) is 0. The molecule has 0 atom stereocenters. The fraction of sp³-hybridized carbons (Fsp3) is 1.00. The van der Waals surface area contributed by atoms with Crippen LogP contribution in [0.25, 0.3) is 0 Å². The first kappa shape index (κ1) is 14.8. The van der Waals surface area contributed by atoms with Crippen LogP contribution < -0.4 is 0 Å². The van der Waals surface area contributed by atoms with Crippen molar-refractivity contribution in [2.45, 2.75) is 70.1 Å². The third-order valence-corrected chi connectivity index (χ3v) is 5.83. The Morgan fingerprint density at radius 3 is 2.00 bits per heavy atom. The van der Waals surface area contributed by atoms with Gasteiger partial charge in [-0.2, -0.15) is 0 Å². The van der Waals surface area contributed by atoms with Gasteiger partial charge in [-0.25, -0.2) is 0 Å². The number of piperidine rings is 2. The van der Waals surface area contributed by atoms with Gasteiger partial charge in [-0.05, 0) is 51.5 Å². The molecule has 20 heavy (non-hydrogen) atoms. The quantitative estimate of drug-likeness (QED) is 0.787. The van der Waals surface area contributed by atoms with Crippen molar-refractivity contribution >= 4 is 0 Å². The molecule has 0 spiro atoms. The van der Waals surface area contributed by atoms with E-state index in [-0.39, 0.29) is 0 Å². The molecule has 0 radical (unpaired) electrons. The van der Waals surface area contributed by atoms with Crippen LogP contribution in [0.2, 0.25) is 0 Å². The monoisotopic (exact) mass is 280 g/mol. The minimum absolute atomic E-state index is 0.538. The lowest BCUT2D eigenvalue weighted by atomic mass is 9.77. The van der Waals surface area contributed by atoms with E-state index in [0.717, 1.165) is 12.0 Å². The van der Waals surface area contributed by atoms with Crippen LogP contribution >= 0.6 is 0 Å². The average Bonchev–Trinajstić information content (AvgIpc) is 2.42. The van der Waals surface area contributed by atoms with Crippen LogP contribution in [0.1, 0.15) is 51.9 Å². The van der Waals surface area contributed by atoms with Gasteiger partial charge in [0.25, 0.3) is 0 Å². The van der Waals surface area contributed by atoms with E-state index < -0.39 is 0 Å². The highest BCUT2D eigenvalue weighted by molar-refractivity contribution is 4.89. The standard InChI is InChI=1S/C17H32N2O/c1-3-14-12-15(13-14)19-10-6-17(7-11-19)20-16-4-8-18(2)9-5-16/h14-17H,3-13H2,1-2H3. The van der Waals surface area contributed by atoms with E-state index in [0.29, 0.717) is 12.2 Å². The molecular formula is C17H32N2O. The van der Waals surface area contributed by atoms with Crippen molar-refractivity contribution in [3.63, 3.8) is 0 Å². The lowest BCUT2D eigenvalue weighted by molar-refractivity contribution is -0.0733. The van der Waals surface area contributed by atoms with Crippen molar-refractivity contribution in [3.8, 4) is 0 Å². The van der Waals surface area contributed by atoms with E-state index in [9.17, 15) is 0 Å². The van der Waals surface area contributed by atoms with Gasteiger partial charge in [-0.15, -0.1) is 0 Å². The van der Waals surface area contributed by atoms with Crippen LogP contribution in [0.4, 0.5) is 0 Å². The molecule has 0 unspecified atom stereocenters. The summed E-state index contributed by atoms with van der Waals surface area (Å²) in [6, 6.07) is 0.907. The molecule has 2 aliphatic heterocycles. The fourth-order valence-electron chi connectivity index (χ4n) is 4.10. The van der Waals surface area contributed by atoms with E-state index in [4.69, 9.17) is 4.74 Å². The van der Waals surface area contributed by atoms with Crippen LogP contribution in [0, 0.1) is 5.92 Å². The zero-order valence-corrected chi connectivity index (χ0v) is 13.4. The third-order valence-electron chi connectivity index (χ3n) is 5.83. The maximum absolute atomic E-state index is 6.35. The molecule has 1 aliphatic carbocycles. The minimum Gasteiger partial charge on any atom is -0.375 e. The molecule has 3 aliphatic rings. The Balaban J connectivity index is 1.34. The second-order valence-electron chi connectivity index (χ2n) is 7.27. The first-order valence-electron chi connectivity index (χ1n) is 8.82. The number of likely N-dealkylation sites (tertiary alicyclic amines) is 2. The summed E-state index contributed by atoms with van der Waals surface area (Å²) in [7, 11) is 2.22. The van der Waals surface area contributed by atoms with Crippen molar-refractivity contribution in [1.82, 2.24) is 9.80 Å². The molecule has 2 heterocycles. The first-order chi connectivity index (χ1) is 9.74. The van der Waals surface area contributed by atoms with Crippen molar-refractivity contribution in [3.05, 3.63) is 0 Å². The van der Waals surface area contributed by atoms with Gasteiger partial charge in [-0.3, -0.25) is 0 Å². The van der Waals surface area contributed by atoms with Crippen LogP contribution in [0.5, 0.6) is 0 Å². The maximum Gasteiger partial charge on any atom is 0.0603 e. The molecule has 0 aromatic carbocycles. The van der Waals surface area contributed by atoms with Gasteiger partial charge >= 0.3 is 0 Å². The molecule has 3 rings (SSSR count). The Labute approximate surface area is 124 Å². The normalized spacial score (nSPS) is 35.1. The highest BCUT2D eigenvalue weighted by Gasteiger charge is 2.34. The van der Waals surface area contributed by atoms with E-state index in [2.05, 4.69) is 23.8 Å². The van der Waals surface area contributed by atoms with E-state index in [1.54, 1.807) is 0 Å². The van der Waals surface area contributed by atoms with Crippen LogP contribution in [-0.4, -0.2) is 61.3 Å². The second kappa shape index (κ2) is 6.76. The molecule has 0 aromatic heterocycles. The third kappa shape index (κ3) is 3.55. The Hall–Kier alpha value is -0.120. The number of ether oxygens (including phenoxy) is 1. The average molecular weight is 280 g/mol. The highest BCUT2D eigenvalue weighted by Crippen LogP contribution is 2.35. The molecule has 0 amide bonds. The SMILES string of the molecule is CCC1CC(N2CCC(OC3CCN(C)CC3)CC2)C1. The maximum atomic E-state index is 6.35. The molecule has 3 heteroatoms. The fourth-order valence-corrected chi connectivity index (χ4v) is 4.10. The molecule has 1 saturated carbocycles. The minimum atomic E-state index is 0.538. The Kier molecular flexibility index (Phi) is 5.00. The molecule has 2 saturated heterocycles. The summed E-state index contributed by atoms with van der Waals surface area (Å²) >= 11 is 0. The zero-order valence-electron chi connectivity index (χ0n) is 13.4. The lowest BCUT2D eigenvalue weighted by Gasteiger charge is -2.46. The number of hydrogen-bond acceptors (Lipinski definition) is 3. The molecule has 116 valence electrons. The van der Waals surface area contributed by atoms with Gasteiger partial charge in [0.1, 0.15) is 0 Å². The molecular weight excluding hydrogens is 248 g/mol. The first-order valence-corrected chi connectivity index (χ1v) is 8.82. The van der Waals surface area contributed by atoms with Gasteiger partial charge in [0.05, 0.1) is 12.2 Å². The van der Waals surface area contributed by atoms with Crippen molar-refractivity contribution < 1.29 is 4.74 Å². The summed E-state index contributed by atoms with van der Waals surface area (Å²) in [5.74, 6) is 1.02. The van der Waals surface area contributed by atoms with Crippen LogP contribution in [0.3, 0.4) is 0 Å². The Morgan fingerprint density at radius 2 is 1.45 bits per heavy atom. The summed E-state index contributed by atoms with van der Waals surface area (Å²) < 4.78 is 6.35. The molecule has 0 bridgehead atoms. The predicted octanol–water partition coefficient (Wildman–Crippen LogP) is 2.75. The predicted molar refractivity (Wildman–Crippen MR) is 83.0 cm³/mol. The van der Waals surface area contributed by atoms with Crippen molar-refractivity contribution in [2.75, 3.05) is 33.2 Å². The smallest absolute Gasteiger partial charge is 0.0603 e. The van der Waals surface area contributed by atoms with Gasteiger partial charge < -0.3 is 14.5 Å². The van der Waals surface area contributed by atoms with E-state index in [1.807, 2.05) is 0 Å². The molecule has 3 fully saturated rings. The number of rotatable bonds is 4. The summed E-state index contributed by atoms with van der Waals surface area (Å²) in [4.78, 5) is 5.16. The van der Waals surface area contributed by atoms with Gasteiger partial charge in [0.15, 0.2) is 0 Å². The van der Waals surface area contributed by atoms with Gasteiger partial charge in [0, 0.05) is 32.2 Å². The van der Waals surface area contributed by atoms with Crippen LogP contribution in [-0.2, 0) is 4.74 Å². The molecule has 3 nitrogen and oxygen atoms in total. The lowest BCUT2D eigenvalue weighted by Crippen LogP contribution is -2.49. The Morgan fingerprint density at radius 1 is 0.900 bits per heavy atom. The van der Waals surface area contributed by atoms with Gasteiger partial charge in [0.2, 0.25) is 0 Å². The number of nitrogens with zero attached hydrogens (tertiary/aromatic N) is 2. The number of hydrogen-bond donors (Lipinski definition) is 0. The summed E-state index contributed by atoms with van der Waals surface area (Å²) in [6.07, 6.45) is 10.4. The zero-order chi connectivity index (χ0) is 13.9. The highest BCUT2D eigenvalue weighted by atomic mass is 16.5. The van der Waals surface area contributed by atoms with Crippen molar-refractivity contribution in [2.24, 2.45) is 5.92 Å². The van der Waals surface area contributed by atoms with E-state index >= 15 is 0 Å². The van der Waals surface area contributed by atoms with Crippen molar-refractivity contribution in [1.29, 1.82) is 0 Å². The second-order valence-corrected chi connectivity index (χ2v) is 7.27.